The molecule has 1 atom stereocenters. The summed E-state index contributed by atoms with van der Waals surface area (Å²) in [6, 6.07) is 11.9. The number of ether oxygens (including phenoxy) is 1. The maximum Gasteiger partial charge on any atom is 0.135 e. The van der Waals surface area contributed by atoms with Crippen molar-refractivity contribution in [1.82, 2.24) is 0 Å². The quantitative estimate of drug-likeness (QED) is 0.848. The van der Waals surface area contributed by atoms with Crippen molar-refractivity contribution in [2.24, 2.45) is 0 Å². The summed E-state index contributed by atoms with van der Waals surface area (Å²) in [6.45, 7) is 0. The van der Waals surface area contributed by atoms with E-state index in [1.807, 2.05) is 30.3 Å². The fourth-order valence-corrected chi connectivity index (χ4v) is 3.30. The number of nitrogens with one attached hydrogen (secondary N) is 1. The van der Waals surface area contributed by atoms with Gasteiger partial charge in [-0.2, -0.15) is 0 Å². The molecule has 0 aliphatic heterocycles. The highest BCUT2D eigenvalue weighted by Crippen LogP contribution is 2.36. The monoisotopic (exact) mass is 347 g/mol. The summed E-state index contributed by atoms with van der Waals surface area (Å²) in [4.78, 5) is 0. The highest BCUT2D eigenvalue weighted by molar-refractivity contribution is 9.10. The van der Waals surface area contributed by atoms with Gasteiger partial charge in [0.15, 0.2) is 0 Å². The van der Waals surface area contributed by atoms with Gasteiger partial charge in [-0.05, 0) is 70.6 Å². The summed E-state index contributed by atoms with van der Waals surface area (Å²) in [7, 11) is 1.66. The second kappa shape index (κ2) is 5.98. The van der Waals surface area contributed by atoms with Crippen LogP contribution in [0.1, 0.15) is 30.0 Å². The van der Waals surface area contributed by atoms with Gasteiger partial charge in [0.2, 0.25) is 0 Å². The second-order valence-electron chi connectivity index (χ2n) is 5.32. The number of phenolic OH excluding ortho intramolecular Hbond substituents is 1. The minimum absolute atomic E-state index is 0.228. The van der Waals surface area contributed by atoms with E-state index in [-0.39, 0.29) is 6.04 Å². The number of methoxy groups -OCH3 is 1. The zero-order valence-corrected chi connectivity index (χ0v) is 13.5. The van der Waals surface area contributed by atoms with E-state index in [2.05, 4.69) is 21.2 Å². The number of aryl methyl sites for hydroxylation is 1. The Morgan fingerprint density at radius 3 is 2.90 bits per heavy atom. The molecule has 2 N–H and O–H groups in total. The van der Waals surface area contributed by atoms with Gasteiger partial charge in [0.1, 0.15) is 11.5 Å². The van der Waals surface area contributed by atoms with Crippen molar-refractivity contribution in [1.29, 1.82) is 0 Å². The molecule has 4 heteroatoms. The molecular weight excluding hydrogens is 330 g/mol. The normalized spacial score (nSPS) is 17.1. The van der Waals surface area contributed by atoms with E-state index < -0.39 is 0 Å². The number of benzene rings is 2. The van der Waals surface area contributed by atoms with E-state index in [1.165, 1.54) is 11.1 Å². The van der Waals surface area contributed by atoms with E-state index in [4.69, 9.17) is 4.74 Å². The average molecular weight is 348 g/mol. The van der Waals surface area contributed by atoms with Crippen LogP contribution in [0.4, 0.5) is 5.69 Å². The molecule has 0 spiro atoms. The van der Waals surface area contributed by atoms with Gasteiger partial charge in [0.25, 0.3) is 0 Å². The number of hydrogen-bond acceptors (Lipinski definition) is 3. The van der Waals surface area contributed by atoms with Crippen LogP contribution in [-0.4, -0.2) is 12.2 Å². The fraction of sp³-hybridized carbons (Fsp3) is 0.294. The number of anilines is 1. The molecule has 0 fully saturated rings. The van der Waals surface area contributed by atoms with Crippen LogP contribution in [0.25, 0.3) is 0 Å². The zero-order chi connectivity index (χ0) is 14.8. The molecule has 3 nitrogen and oxygen atoms in total. The number of halogens is 1. The molecular formula is C17H18BrNO2. The first kappa shape index (κ1) is 14.3. The first-order valence-corrected chi connectivity index (χ1v) is 7.88. The van der Waals surface area contributed by atoms with Crippen molar-refractivity contribution in [3.05, 3.63) is 52.0 Å². The van der Waals surface area contributed by atoms with Crippen LogP contribution in [0, 0.1) is 0 Å². The van der Waals surface area contributed by atoms with Crippen molar-refractivity contribution in [3.8, 4) is 11.5 Å². The average Bonchev–Trinajstić information content (AvgIpc) is 2.50. The van der Waals surface area contributed by atoms with Crippen molar-refractivity contribution in [2.45, 2.75) is 25.3 Å². The molecule has 0 aromatic heterocycles. The Morgan fingerprint density at radius 2 is 2.10 bits per heavy atom. The molecule has 0 radical (unpaired) electrons. The Bertz CT molecular complexity index is 657. The highest BCUT2D eigenvalue weighted by Gasteiger charge is 2.20. The third kappa shape index (κ3) is 3.00. The Labute approximate surface area is 133 Å². The molecule has 2 aromatic carbocycles. The molecule has 2 aromatic rings. The topological polar surface area (TPSA) is 41.5 Å². The Hall–Kier alpha value is -1.68. The largest absolute Gasteiger partial charge is 0.508 e. The first-order chi connectivity index (χ1) is 10.2. The second-order valence-corrected chi connectivity index (χ2v) is 6.18. The minimum Gasteiger partial charge on any atom is -0.508 e. The number of rotatable bonds is 3. The third-order valence-electron chi connectivity index (χ3n) is 3.94. The van der Waals surface area contributed by atoms with Gasteiger partial charge in [-0.25, -0.2) is 0 Å². The summed E-state index contributed by atoms with van der Waals surface area (Å²) in [5, 5.41) is 13.3. The van der Waals surface area contributed by atoms with Crippen LogP contribution in [0.3, 0.4) is 0 Å². The molecule has 0 heterocycles. The van der Waals surface area contributed by atoms with Gasteiger partial charge in [0, 0.05) is 11.8 Å². The van der Waals surface area contributed by atoms with Crippen LogP contribution >= 0.6 is 15.9 Å². The van der Waals surface area contributed by atoms with Gasteiger partial charge in [-0.15, -0.1) is 0 Å². The Morgan fingerprint density at radius 1 is 1.24 bits per heavy atom. The summed E-state index contributed by atoms with van der Waals surface area (Å²) >= 11 is 3.47. The van der Waals surface area contributed by atoms with E-state index in [1.54, 1.807) is 13.2 Å². The van der Waals surface area contributed by atoms with Crippen LogP contribution in [0.2, 0.25) is 0 Å². The van der Waals surface area contributed by atoms with Gasteiger partial charge in [0.05, 0.1) is 17.6 Å². The van der Waals surface area contributed by atoms with Gasteiger partial charge < -0.3 is 15.2 Å². The molecule has 21 heavy (non-hydrogen) atoms. The summed E-state index contributed by atoms with van der Waals surface area (Å²) in [5.74, 6) is 1.14. The molecule has 0 bridgehead atoms. The standard InChI is InChI=1S/C17H18BrNO2/c1-21-17-9-12(6-8-15(17)18)19-16-4-2-3-11-5-7-13(20)10-14(11)16/h5-10,16,19-20H,2-4H2,1H3. The lowest BCUT2D eigenvalue weighted by molar-refractivity contribution is 0.412. The van der Waals surface area contributed by atoms with Gasteiger partial charge in [-0.1, -0.05) is 6.07 Å². The lowest BCUT2D eigenvalue weighted by Crippen LogP contribution is -2.17. The van der Waals surface area contributed by atoms with Crippen LogP contribution in [0.15, 0.2) is 40.9 Å². The van der Waals surface area contributed by atoms with E-state index in [0.717, 1.165) is 35.2 Å². The summed E-state index contributed by atoms with van der Waals surface area (Å²) in [5.41, 5.74) is 3.54. The highest BCUT2D eigenvalue weighted by atomic mass is 79.9. The van der Waals surface area contributed by atoms with E-state index in [0.29, 0.717) is 5.75 Å². The zero-order valence-electron chi connectivity index (χ0n) is 11.9. The van der Waals surface area contributed by atoms with Crippen LogP contribution < -0.4 is 10.1 Å². The first-order valence-electron chi connectivity index (χ1n) is 7.09. The van der Waals surface area contributed by atoms with E-state index in [9.17, 15) is 5.11 Å². The molecule has 110 valence electrons. The molecule has 1 aliphatic rings. The molecule has 1 aliphatic carbocycles. The number of aromatic hydroxyl groups is 1. The lowest BCUT2D eigenvalue weighted by Gasteiger charge is -2.27. The Balaban J connectivity index is 1.88. The van der Waals surface area contributed by atoms with Gasteiger partial charge in [-0.3, -0.25) is 0 Å². The minimum atomic E-state index is 0.228. The lowest BCUT2D eigenvalue weighted by atomic mass is 9.87. The smallest absolute Gasteiger partial charge is 0.135 e. The SMILES string of the molecule is COc1cc(NC2CCCc3ccc(O)cc32)ccc1Br. The van der Waals surface area contributed by atoms with Crippen molar-refractivity contribution >= 4 is 21.6 Å². The maximum atomic E-state index is 9.74. The van der Waals surface area contributed by atoms with Crippen LogP contribution in [0.5, 0.6) is 11.5 Å². The maximum absolute atomic E-state index is 9.74. The summed E-state index contributed by atoms with van der Waals surface area (Å²) < 4.78 is 6.28. The Kier molecular flexibility index (Phi) is 4.06. The van der Waals surface area contributed by atoms with Gasteiger partial charge >= 0.3 is 0 Å². The number of hydrogen-bond donors (Lipinski definition) is 2. The van der Waals surface area contributed by atoms with E-state index >= 15 is 0 Å². The van der Waals surface area contributed by atoms with Crippen molar-refractivity contribution in [2.75, 3.05) is 12.4 Å². The molecule has 0 saturated heterocycles. The predicted octanol–water partition coefficient (Wildman–Crippen LogP) is 4.65. The molecule has 0 amide bonds. The van der Waals surface area contributed by atoms with Crippen molar-refractivity contribution < 1.29 is 9.84 Å². The van der Waals surface area contributed by atoms with Crippen LogP contribution in [-0.2, 0) is 6.42 Å². The third-order valence-corrected chi connectivity index (χ3v) is 4.59. The predicted molar refractivity (Wildman–Crippen MR) is 88.1 cm³/mol. The number of fused-ring (bicyclic) bond motifs is 1. The molecule has 3 rings (SSSR count). The fourth-order valence-electron chi connectivity index (χ4n) is 2.89. The molecule has 0 saturated carbocycles. The van der Waals surface area contributed by atoms with Crippen molar-refractivity contribution in [3.63, 3.8) is 0 Å². The number of phenols is 1. The summed E-state index contributed by atoms with van der Waals surface area (Å²) in [6.07, 6.45) is 3.30. The molecule has 1 unspecified atom stereocenters.